The Morgan fingerprint density at radius 3 is 2.05 bits per heavy atom. The zero-order chi connectivity index (χ0) is 29.3. The van der Waals surface area contributed by atoms with Crippen LogP contribution in [0.1, 0.15) is 45.6 Å². The average molecular weight is 550 g/mol. The number of benzene rings is 1. The summed E-state index contributed by atoms with van der Waals surface area (Å²) in [6.07, 6.45) is 0.987. The van der Waals surface area contributed by atoms with E-state index < -0.39 is 66.4 Å². The number of aliphatic hydroxyl groups excluding tert-OH is 1. The van der Waals surface area contributed by atoms with E-state index >= 15 is 0 Å². The molecule has 0 aliphatic carbocycles. The largest absolute Gasteiger partial charge is 0.508 e. The molecule has 13 nitrogen and oxygen atoms in total. The first kappa shape index (κ1) is 31.5. The number of phenolic OH excluding ortho intramolecular Hbond substituents is 1. The van der Waals surface area contributed by atoms with Gasteiger partial charge >= 0.3 is 5.97 Å². The molecule has 1 aromatic rings. The van der Waals surface area contributed by atoms with Crippen molar-refractivity contribution in [2.75, 3.05) is 13.2 Å². The first-order valence-electron chi connectivity index (χ1n) is 12.9. The number of carboxylic acid groups (broad SMARTS) is 1. The SMILES string of the molecule is CC(C)C[C@H](NC(=O)[C@H](C)N)C(=O)N[C@@H](CO)C(=O)N[C@@H](Cc1ccc(O)cc1)C(=O)N1CCC[C@H]1C(=O)O. The fourth-order valence-corrected chi connectivity index (χ4v) is 4.30. The standard InChI is InChI=1S/C26H39N5O8/c1-14(2)11-18(28-22(34)15(3)27)23(35)30-20(13-32)24(36)29-19(12-16-6-8-17(33)9-7-16)25(37)31-10-4-5-21(31)26(38)39/h6-9,14-15,18-21,32-33H,4-5,10-13,27H2,1-3H3,(H,28,34)(H,29,36)(H,30,35)(H,38,39)/t15-,18-,19-,20-,21-/m0/s1. The van der Waals surface area contributed by atoms with Gasteiger partial charge in [0.15, 0.2) is 0 Å². The maximum atomic E-state index is 13.4. The number of carboxylic acids is 1. The molecule has 8 N–H and O–H groups in total. The highest BCUT2D eigenvalue weighted by atomic mass is 16.4. The highest BCUT2D eigenvalue weighted by molar-refractivity contribution is 5.95. The van der Waals surface area contributed by atoms with Crippen LogP contribution in [0.2, 0.25) is 0 Å². The highest BCUT2D eigenvalue weighted by Crippen LogP contribution is 2.20. The van der Waals surface area contributed by atoms with Crippen LogP contribution in [0.3, 0.4) is 0 Å². The van der Waals surface area contributed by atoms with Crippen molar-refractivity contribution in [3.8, 4) is 5.75 Å². The predicted molar refractivity (Wildman–Crippen MR) is 140 cm³/mol. The lowest BCUT2D eigenvalue weighted by atomic mass is 10.0. The monoisotopic (exact) mass is 549 g/mol. The number of nitrogens with two attached hydrogens (primary N) is 1. The summed E-state index contributed by atoms with van der Waals surface area (Å²) in [5, 5.41) is 36.5. The summed E-state index contributed by atoms with van der Waals surface area (Å²) in [6.45, 7) is 4.56. The van der Waals surface area contributed by atoms with Crippen molar-refractivity contribution >= 4 is 29.6 Å². The number of nitrogens with one attached hydrogen (secondary N) is 3. The minimum absolute atomic E-state index is 0.00508. The minimum Gasteiger partial charge on any atom is -0.508 e. The van der Waals surface area contributed by atoms with Crippen molar-refractivity contribution in [2.45, 2.75) is 76.7 Å². The Labute approximate surface area is 227 Å². The third-order valence-corrected chi connectivity index (χ3v) is 6.38. The highest BCUT2D eigenvalue weighted by Gasteiger charge is 2.38. The summed E-state index contributed by atoms with van der Waals surface area (Å²) in [5.41, 5.74) is 6.17. The Balaban J connectivity index is 2.23. The van der Waals surface area contributed by atoms with Gasteiger partial charge in [-0.1, -0.05) is 26.0 Å². The van der Waals surface area contributed by atoms with E-state index in [0.29, 0.717) is 12.0 Å². The molecule has 13 heteroatoms. The Morgan fingerprint density at radius 1 is 0.949 bits per heavy atom. The maximum Gasteiger partial charge on any atom is 0.326 e. The summed E-state index contributed by atoms with van der Waals surface area (Å²) >= 11 is 0. The van der Waals surface area contributed by atoms with E-state index in [0.717, 1.165) is 0 Å². The molecule has 0 aromatic heterocycles. The lowest BCUT2D eigenvalue weighted by Crippen LogP contribution is -2.59. The van der Waals surface area contributed by atoms with Crippen LogP contribution in [0.4, 0.5) is 0 Å². The molecule has 1 heterocycles. The van der Waals surface area contributed by atoms with Gasteiger partial charge < -0.3 is 41.9 Å². The number of hydrogen-bond acceptors (Lipinski definition) is 8. The van der Waals surface area contributed by atoms with Gasteiger partial charge in [0, 0.05) is 13.0 Å². The molecule has 4 amide bonds. The lowest BCUT2D eigenvalue weighted by Gasteiger charge is -2.29. The number of amides is 4. The zero-order valence-electron chi connectivity index (χ0n) is 22.4. The minimum atomic E-state index is -1.46. The van der Waals surface area contributed by atoms with Crippen LogP contribution in [0.25, 0.3) is 0 Å². The van der Waals surface area contributed by atoms with Crippen molar-refractivity contribution in [3.63, 3.8) is 0 Å². The van der Waals surface area contributed by atoms with E-state index in [-0.39, 0.29) is 37.5 Å². The summed E-state index contributed by atoms with van der Waals surface area (Å²) in [4.78, 5) is 64.5. The van der Waals surface area contributed by atoms with Crippen molar-refractivity contribution in [1.29, 1.82) is 0 Å². The number of likely N-dealkylation sites (tertiary alicyclic amines) is 1. The normalized spacial score (nSPS) is 18.1. The lowest BCUT2D eigenvalue weighted by molar-refractivity contribution is -0.149. The molecule has 0 radical (unpaired) electrons. The van der Waals surface area contributed by atoms with E-state index in [2.05, 4.69) is 16.0 Å². The van der Waals surface area contributed by atoms with Crippen LogP contribution in [0, 0.1) is 5.92 Å². The first-order valence-corrected chi connectivity index (χ1v) is 12.9. The maximum absolute atomic E-state index is 13.4. The second kappa shape index (κ2) is 14.4. The van der Waals surface area contributed by atoms with E-state index in [1.54, 1.807) is 12.1 Å². The number of aliphatic hydroxyl groups is 1. The van der Waals surface area contributed by atoms with Gasteiger partial charge in [-0.05, 0) is 49.8 Å². The first-order chi connectivity index (χ1) is 18.3. The van der Waals surface area contributed by atoms with Gasteiger partial charge in [-0.15, -0.1) is 0 Å². The molecular weight excluding hydrogens is 510 g/mol. The van der Waals surface area contributed by atoms with Gasteiger partial charge in [0.25, 0.3) is 0 Å². The quantitative estimate of drug-likeness (QED) is 0.158. The summed E-state index contributed by atoms with van der Waals surface area (Å²) in [6, 6.07) is 0.369. The van der Waals surface area contributed by atoms with Gasteiger partial charge in [0.1, 0.15) is 29.9 Å². The van der Waals surface area contributed by atoms with Crippen LogP contribution in [0.15, 0.2) is 24.3 Å². The molecule has 0 bridgehead atoms. The molecule has 1 aromatic carbocycles. The molecule has 2 rings (SSSR count). The molecule has 0 unspecified atom stereocenters. The summed E-state index contributed by atoms with van der Waals surface area (Å²) in [5.74, 6) is -3.89. The van der Waals surface area contributed by atoms with E-state index in [4.69, 9.17) is 5.73 Å². The van der Waals surface area contributed by atoms with Crippen molar-refractivity contribution < 1.29 is 39.3 Å². The van der Waals surface area contributed by atoms with Crippen LogP contribution >= 0.6 is 0 Å². The zero-order valence-corrected chi connectivity index (χ0v) is 22.4. The molecule has 39 heavy (non-hydrogen) atoms. The van der Waals surface area contributed by atoms with Gasteiger partial charge in [-0.25, -0.2) is 4.79 Å². The third kappa shape index (κ3) is 9.21. The molecule has 1 saturated heterocycles. The fraction of sp³-hybridized carbons (Fsp3) is 0.577. The molecule has 0 saturated carbocycles. The Morgan fingerprint density at radius 2 is 1.51 bits per heavy atom. The molecule has 5 atom stereocenters. The molecule has 1 aliphatic rings. The van der Waals surface area contributed by atoms with Gasteiger partial charge in [-0.2, -0.15) is 0 Å². The second-order valence-corrected chi connectivity index (χ2v) is 10.2. The molecule has 216 valence electrons. The predicted octanol–water partition coefficient (Wildman–Crippen LogP) is -1.15. The van der Waals surface area contributed by atoms with Crippen LogP contribution in [-0.2, 0) is 30.4 Å². The number of hydrogen-bond donors (Lipinski definition) is 7. The third-order valence-electron chi connectivity index (χ3n) is 6.38. The number of aliphatic carboxylic acids is 1. The number of carbonyl (C=O) groups is 5. The molecular formula is C26H39N5O8. The molecule has 1 aliphatic heterocycles. The van der Waals surface area contributed by atoms with E-state index in [1.165, 1.54) is 24.0 Å². The Hall–Kier alpha value is -3.71. The summed E-state index contributed by atoms with van der Waals surface area (Å²) in [7, 11) is 0. The van der Waals surface area contributed by atoms with Crippen molar-refractivity contribution in [3.05, 3.63) is 29.8 Å². The van der Waals surface area contributed by atoms with Crippen LogP contribution in [-0.4, -0.2) is 93.2 Å². The Bertz CT molecular complexity index is 1030. The molecule has 1 fully saturated rings. The second-order valence-electron chi connectivity index (χ2n) is 10.2. The average Bonchev–Trinajstić information content (AvgIpc) is 3.37. The van der Waals surface area contributed by atoms with E-state index in [1.807, 2.05) is 13.8 Å². The smallest absolute Gasteiger partial charge is 0.326 e. The van der Waals surface area contributed by atoms with Crippen molar-refractivity contribution in [2.24, 2.45) is 11.7 Å². The van der Waals surface area contributed by atoms with Gasteiger partial charge in [0.2, 0.25) is 23.6 Å². The van der Waals surface area contributed by atoms with Crippen LogP contribution in [0.5, 0.6) is 5.75 Å². The number of nitrogens with zero attached hydrogens (tertiary/aromatic N) is 1. The van der Waals surface area contributed by atoms with Gasteiger partial charge in [0.05, 0.1) is 12.6 Å². The topological polar surface area (TPSA) is 211 Å². The Kier molecular flexibility index (Phi) is 11.7. The van der Waals surface area contributed by atoms with Crippen molar-refractivity contribution in [1.82, 2.24) is 20.9 Å². The fourth-order valence-electron chi connectivity index (χ4n) is 4.30. The molecule has 0 spiro atoms. The summed E-state index contributed by atoms with van der Waals surface area (Å²) < 4.78 is 0. The number of rotatable bonds is 13. The number of carbonyl (C=O) groups excluding carboxylic acids is 4. The van der Waals surface area contributed by atoms with Crippen LogP contribution < -0.4 is 21.7 Å². The number of aromatic hydroxyl groups is 1. The van der Waals surface area contributed by atoms with E-state index in [9.17, 15) is 39.3 Å². The van der Waals surface area contributed by atoms with Gasteiger partial charge in [-0.3, -0.25) is 19.2 Å². The number of phenols is 1.